The van der Waals surface area contributed by atoms with Gasteiger partial charge in [0.15, 0.2) is 5.96 Å². The summed E-state index contributed by atoms with van der Waals surface area (Å²) in [6, 6.07) is 8.96. The van der Waals surface area contributed by atoms with Gasteiger partial charge in [0.25, 0.3) is 0 Å². The summed E-state index contributed by atoms with van der Waals surface area (Å²) in [6.45, 7) is 3.88. The molecule has 1 aromatic carbocycles. The predicted octanol–water partition coefficient (Wildman–Crippen LogP) is 2.73. The number of hydrogen-bond donors (Lipinski definition) is 1. The average molecular weight is 441 g/mol. The quantitative estimate of drug-likeness (QED) is 0.444. The molecule has 0 bridgehead atoms. The highest BCUT2D eigenvalue weighted by atomic mass is 127. The van der Waals surface area contributed by atoms with E-state index in [1.807, 2.05) is 7.05 Å². The van der Waals surface area contributed by atoms with E-state index in [9.17, 15) is 0 Å². The fourth-order valence-corrected chi connectivity index (χ4v) is 4.56. The number of nitrogens with one attached hydrogen (secondary N) is 1. The number of halogens is 1. The zero-order chi connectivity index (χ0) is 15.8. The summed E-state index contributed by atoms with van der Waals surface area (Å²) in [7, 11) is 4.02. The highest BCUT2D eigenvalue weighted by Gasteiger charge is 2.54. The second kappa shape index (κ2) is 7.60. The van der Waals surface area contributed by atoms with Crippen molar-refractivity contribution in [2.75, 3.05) is 40.4 Å². The van der Waals surface area contributed by atoms with E-state index in [0.717, 1.165) is 50.0 Å². The van der Waals surface area contributed by atoms with E-state index < -0.39 is 0 Å². The molecule has 2 aliphatic carbocycles. The number of nitrogens with zero attached hydrogens (tertiary/aromatic N) is 2. The van der Waals surface area contributed by atoms with E-state index >= 15 is 0 Å². The minimum absolute atomic E-state index is 0. The maximum absolute atomic E-state index is 5.48. The number of ether oxygens (including phenoxy) is 1. The molecule has 4 nitrogen and oxygen atoms in total. The number of guanidine groups is 1. The molecule has 4 rings (SSSR count). The van der Waals surface area contributed by atoms with Gasteiger partial charge < -0.3 is 15.0 Å². The molecule has 1 N–H and O–H groups in total. The molecule has 1 saturated carbocycles. The van der Waals surface area contributed by atoms with Crippen molar-refractivity contribution in [2.45, 2.75) is 18.8 Å². The Balaban J connectivity index is 0.00000169. The molecule has 1 aromatic rings. The molecule has 4 unspecified atom stereocenters. The fourth-order valence-electron chi connectivity index (χ4n) is 4.56. The molecule has 2 fully saturated rings. The summed E-state index contributed by atoms with van der Waals surface area (Å²) >= 11 is 0. The van der Waals surface area contributed by atoms with Gasteiger partial charge in [0.1, 0.15) is 0 Å². The first-order valence-electron chi connectivity index (χ1n) is 8.85. The number of rotatable bonds is 4. The van der Waals surface area contributed by atoms with E-state index in [4.69, 9.17) is 4.74 Å². The van der Waals surface area contributed by atoms with E-state index in [2.05, 4.69) is 46.5 Å². The molecule has 1 heterocycles. The van der Waals surface area contributed by atoms with Crippen LogP contribution in [0, 0.1) is 17.8 Å². The van der Waals surface area contributed by atoms with Crippen molar-refractivity contribution in [3.63, 3.8) is 0 Å². The van der Waals surface area contributed by atoms with Crippen molar-refractivity contribution in [3.05, 3.63) is 35.4 Å². The van der Waals surface area contributed by atoms with Crippen LogP contribution in [-0.4, -0.2) is 51.3 Å². The van der Waals surface area contributed by atoms with Crippen LogP contribution in [0.2, 0.25) is 0 Å². The topological polar surface area (TPSA) is 36.9 Å². The largest absolute Gasteiger partial charge is 0.381 e. The summed E-state index contributed by atoms with van der Waals surface area (Å²) in [4.78, 5) is 6.71. The Kier molecular flexibility index (Phi) is 5.70. The van der Waals surface area contributed by atoms with Crippen LogP contribution >= 0.6 is 24.0 Å². The molecule has 1 aliphatic heterocycles. The van der Waals surface area contributed by atoms with E-state index in [0.29, 0.717) is 5.92 Å². The summed E-state index contributed by atoms with van der Waals surface area (Å²) in [6.07, 6.45) is 2.44. The van der Waals surface area contributed by atoms with E-state index in [1.165, 1.54) is 12.8 Å². The minimum atomic E-state index is 0. The van der Waals surface area contributed by atoms with Gasteiger partial charge in [0.05, 0.1) is 6.61 Å². The molecule has 0 amide bonds. The normalized spacial score (nSPS) is 30.3. The lowest BCUT2D eigenvalue weighted by Gasteiger charge is -2.24. The summed E-state index contributed by atoms with van der Waals surface area (Å²) in [5.74, 6) is 4.09. The van der Waals surface area contributed by atoms with Crippen molar-refractivity contribution < 1.29 is 4.74 Å². The predicted molar refractivity (Wildman–Crippen MR) is 108 cm³/mol. The number of fused-ring (bicyclic) bond motifs is 3. The lowest BCUT2D eigenvalue weighted by molar-refractivity contribution is 0.181. The van der Waals surface area contributed by atoms with Crippen molar-refractivity contribution in [2.24, 2.45) is 22.7 Å². The molecule has 0 spiro atoms. The average Bonchev–Trinajstić information content (AvgIpc) is 2.94. The minimum Gasteiger partial charge on any atom is -0.381 e. The van der Waals surface area contributed by atoms with Gasteiger partial charge in [-0.2, -0.15) is 0 Å². The molecule has 0 aromatic heterocycles. The monoisotopic (exact) mass is 441 g/mol. The smallest absolute Gasteiger partial charge is 0.193 e. The van der Waals surface area contributed by atoms with Crippen LogP contribution < -0.4 is 5.32 Å². The summed E-state index contributed by atoms with van der Waals surface area (Å²) in [5, 5.41) is 3.60. The third-order valence-corrected chi connectivity index (χ3v) is 5.83. The van der Waals surface area contributed by atoms with E-state index in [-0.39, 0.29) is 24.0 Å². The van der Waals surface area contributed by atoms with Crippen LogP contribution in [0.4, 0.5) is 0 Å². The molecule has 0 radical (unpaired) electrons. The standard InChI is InChI=1S/C19H27N3O.HI/c1-20-19(22(2)11-13-7-8-23-12-13)21-10-17-16-9-14-5-3-4-6-15(14)18(16)17;/h3-6,13,16-18H,7-12H2,1-2H3,(H,20,21);1H. The van der Waals surface area contributed by atoms with Gasteiger partial charge >= 0.3 is 0 Å². The number of hydrogen-bond acceptors (Lipinski definition) is 2. The molecular formula is C19H28IN3O. The van der Waals surface area contributed by atoms with Crippen LogP contribution in [0.25, 0.3) is 0 Å². The third kappa shape index (κ3) is 3.43. The molecule has 4 atom stereocenters. The van der Waals surface area contributed by atoms with Crippen molar-refractivity contribution >= 4 is 29.9 Å². The number of aliphatic imine (C=N–C) groups is 1. The zero-order valence-corrected chi connectivity index (χ0v) is 16.9. The number of benzene rings is 1. The lowest BCUT2D eigenvalue weighted by Crippen LogP contribution is -2.42. The second-order valence-corrected chi connectivity index (χ2v) is 7.29. The van der Waals surface area contributed by atoms with Gasteiger partial charge in [-0.1, -0.05) is 24.3 Å². The van der Waals surface area contributed by atoms with Crippen LogP contribution in [0.3, 0.4) is 0 Å². The van der Waals surface area contributed by atoms with Crippen molar-refractivity contribution in [1.82, 2.24) is 10.2 Å². The van der Waals surface area contributed by atoms with Gasteiger partial charge in [0, 0.05) is 39.7 Å². The zero-order valence-electron chi connectivity index (χ0n) is 14.6. The molecule has 5 heteroatoms. The van der Waals surface area contributed by atoms with Gasteiger partial charge in [-0.15, -0.1) is 24.0 Å². The third-order valence-electron chi connectivity index (χ3n) is 5.83. The van der Waals surface area contributed by atoms with Gasteiger partial charge in [-0.05, 0) is 41.7 Å². The fraction of sp³-hybridized carbons (Fsp3) is 0.632. The Morgan fingerprint density at radius 2 is 2.21 bits per heavy atom. The highest BCUT2D eigenvalue weighted by molar-refractivity contribution is 14.0. The Labute approximate surface area is 162 Å². The van der Waals surface area contributed by atoms with Crippen LogP contribution in [0.15, 0.2) is 29.3 Å². The van der Waals surface area contributed by atoms with Crippen molar-refractivity contribution in [1.29, 1.82) is 0 Å². The first-order chi connectivity index (χ1) is 11.3. The second-order valence-electron chi connectivity index (χ2n) is 7.29. The lowest BCUT2D eigenvalue weighted by atomic mass is 10.0. The molecular weight excluding hydrogens is 413 g/mol. The van der Waals surface area contributed by atoms with Crippen LogP contribution in [0.5, 0.6) is 0 Å². The van der Waals surface area contributed by atoms with Crippen LogP contribution in [0.1, 0.15) is 23.5 Å². The van der Waals surface area contributed by atoms with Gasteiger partial charge in [0.2, 0.25) is 0 Å². The van der Waals surface area contributed by atoms with Gasteiger partial charge in [-0.25, -0.2) is 0 Å². The van der Waals surface area contributed by atoms with Crippen LogP contribution in [-0.2, 0) is 11.2 Å². The maximum Gasteiger partial charge on any atom is 0.193 e. The molecule has 24 heavy (non-hydrogen) atoms. The molecule has 132 valence electrons. The summed E-state index contributed by atoms with van der Waals surface area (Å²) in [5.41, 5.74) is 3.16. The molecule has 3 aliphatic rings. The Hall–Kier alpha value is -0.820. The maximum atomic E-state index is 5.48. The van der Waals surface area contributed by atoms with Crippen molar-refractivity contribution in [3.8, 4) is 0 Å². The van der Waals surface area contributed by atoms with E-state index in [1.54, 1.807) is 11.1 Å². The summed E-state index contributed by atoms with van der Waals surface area (Å²) < 4.78 is 5.48. The first kappa shape index (κ1) is 18.0. The SMILES string of the molecule is CN=C(NCC1C2Cc3ccccc3C12)N(C)CC1CCOC1.I. The first-order valence-corrected chi connectivity index (χ1v) is 8.85. The van der Waals surface area contributed by atoms with Gasteiger partial charge in [-0.3, -0.25) is 4.99 Å². The molecule has 1 saturated heterocycles. The Bertz CT molecular complexity index is 600. The highest BCUT2D eigenvalue weighted by Crippen LogP contribution is 2.60. The Morgan fingerprint density at radius 3 is 2.96 bits per heavy atom. The Morgan fingerprint density at radius 1 is 1.38 bits per heavy atom.